The van der Waals surface area contributed by atoms with Crippen LogP contribution in [0.2, 0.25) is 0 Å². The maximum absolute atomic E-state index is 5.51. The normalized spacial score (nSPS) is 17.0. The molecule has 2 N–H and O–H groups in total. The van der Waals surface area contributed by atoms with Gasteiger partial charge in [0.1, 0.15) is 0 Å². The van der Waals surface area contributed by atoms with Crippen LogP contribution in [0.1, 0.15) is 83.5 Å². The number of likely N-dealkylation sites (tertiary alicyclic amines) is 1. The Bertz CT molecular complexity index is 240. The molecule has 0 atom stereocenters. The minimum Gasteiger partial charge on any atom is -1.00 e. The van der Waals surface area contributed by atoms with Gasteiger partial charge in [-0.05, 0) is 45.1 Å². The van der Waals surface area contributed by atoms with Crippen LogP contribution in [0.3, 0.4) is 0 Å². The molecular formula is C19H41BrN2S. The van der Waals surface area contributed by atoms with Crippen LogP contribution in [0.4, 0.5) is 0 Å². The van der Waals surface area contributed by atoms with Gasteiger partial charge in [-0.3, -0.25) is 0 Å². The van der Waals surface area contributed by atoms with Crippen LogP contribution in [0.15, 0.2) is 0 Å². The molecule has 140 valence electrons. The van der Waals surface area contributed by atoms with E-state index in [1.54, 1.807) is 0 Å². The Morgan fingerprint density at radius 1 is 0.652 bits per heavy atom. The van der Waals surface area contributed by atoms with E-state index in [1.807, 2.05) is 0 Å². The quantitative estimate of drug-likeness (QED) is 0.255. The van der Waals surface area contributed by atoms with Crippen molar-refractivity contribution in [3.05, 3.63) is 0 Å². The number of nitrogens with two attached hydrogens (primary N) is 1. The lowest BCUT2D eigenvalue weighted by Gasteiger charge is -2.41. The lowest BCUT2D eigenvalue weighted by atomic mass is 10.0. The third kappa shape index (κ3) is 11.9. The van der Waals surface area contributed by atoms with Gasteiger partial charge in [0.2, 0.25) is 0 Å². The number of piperidine rings is 1. The zero-order valence-corrected chi connectivity index (χ0v) is 17.8. The summed E-state index contributed by atoms with van der Waals surface area (Å²) in [5.74, 6) is 1.06. The Balaban J connectivity index is 0.00000484. The van der Waals surface area contributed by atoms with Crippen LogP contribution >= 0.6 is 12.6 Å². The van der Waals surface area contributed by atoms with E-state index in [1.165, 1.54) is 114 Å². The molecule has 0 aromatic rings. The number of nitrogens with zero attached hydrogens (tertiary/aromatic N) is 1. The van der Waals surface area contributed by atoms with E-state index in [2.05, 4.69) is 12.6 Å². The number of halogens is 1. The standard InChI is InChI=1S/C19H40N2S.BrH/c20-14-10-7-5-3-1-2-4-6-8-11-15-21(18-19-22)16-12-9-13-17-21;/h1-20H2;1H. The van der Waals surface area contributed by atoms with Crippen molar-refractivity contribution in [2.45, 2.75) is 83.5 Å². The van der Waals surface area contributed by atoms with E-state index < -0.39 is 0 Å². The van der Waals surface area contributed by atoms with Gasteiger partial charge in [0, 0.05) is 5.75 Å². The third-order valence-electron chi connectivity index (χ3n) is 5.43. The fourth-order valence-electron chi connectivity index (χ4n) is 3.96. The summed E-state index contributed by atoms with van der Waals surface area (Å²) in [6, 6.07) is 0. The van der Waals surface area contributed by atoms with Crippen molar-refractivity contribution < 1.29 is 21.5 Å². The zero-order chi connectivity index (χ0) is 15.9. The maximum Gasteiger partial charge on any atom is 0.0876 e. The zero-order valence-electron chi connectivity index (χ0n) is 15.3. The molecular weight excluding hydrogens is 368 g/mol. The van der Waals surface area contributed by atoms with Gasteiger partial charge in [-0.15, -0.1) is 0 Å². The lowest BCUT2D eigenvalue weighted by Crippen LogP contribution is -3.00. The molecule has 23 heavy (non-hydrogen) atoms. The Kier molecular flexibility index (Phi) is 16.8. The van der Waals surface area contributed by atoms with Crippen molar-refractivity contribution in [2.24, 2.45) is 5.73 Å². The monoisotopic (exact) mass is 408 g/mol. The number of hydrogen-bond acceptors (Lipinski definition) is 2. The first-order valence-electron chi connectivity index (χ1n) is 9.99. The summed E-state index contributed by atoms with van der Waals surface area (Å²) in [6.45, 7) is 6.42. The van der Waals surface area contributed by atoms with Gasteiger partial charge in [0.25, 0.3) is 0 Å². The molecule has 1 heterocycles. The highest BCUT2D eigenvalue weighted by atomic mass is 79.9. The average molecular weight is 410 g/mol. The van der Waals surface area contributed by atoms with E-state index in [4.69, 9.17) is 5.73 Å². The molecule has 4 heteroatoms. The summed E-state index contributed by atoms with van der Waals surface area (Å²) in [4.78, 5) is 0. The number of unbranched alkanes of at least 4 members (excludes halogenated alkanes) is 9. The molecule has 0 saturated carbocycles. The van der Waals surface area contributed by atoms with Crippen LogP contribution in [-0.4, -0.2) is 43.0 Å². The largest absolute Gasteiger partial charge is 1.00 e. The van der Waals surface area contributed by atoms with Gasteiger partial charge >= 0.3 is 0 Å². The van der Waals surface area contributed by atoms with Crippen LogP contribution in [0.5, 0.6) is 0 Å². The Hall–Kier alpha value is 0.750. The lowest BCUT2D eigenvalue weighted by molar-refractivity contribution is -0.930. The van der Waals surface area contributed by atoms with Crippen molar-refractivity contribution in [2.75, 3.05) is 38.5 Å². The van der Waals surface area contributed by atoms with Crippen molar-refractivity contribution >= 4 is 12.6 Å². The predicted molar refractivity (Wildman–Crippen MR) is 103 cm³/mol. The number of hydrogen-bond donors (Lipinski definition) is 2. The maximum atomic E-state index is 5.51. The predicted octanol–water partition coefficient (Wildman–Crippen LogP) is 1.78. The van der Waals surface area contributed by atoms with Gasteiger partial charge in [-0.2, -0.15) is 12.6 Å². The number of quaternary nitrogens is 1. The summed E-state index contributed by atoms with van der Waals surface area (Å²) in [6.07, 6.45) is 18.4. The molecule has 0 amide bonds. The molecule has 0 unspecified atom stereocenters. The molecule has 0 spiro atoms. The number of rotatable bonds is 14. The van der Waals surface area contributed by atoms with E-state index in [0.717, 1.165) is 12.3 Å². The molecule has 2 nitrogen and oxygen atoms in total. The van der Waals surface area contributed by atoms with Crippen LogP contribution in [0, 0.1) is 0 Å². The Labute approximate surface area is 161 Å². The van der Waals surface area contributed by atoms with Crippen molar-refractivity contribution in [3.8, 4) is 0 Å². The summed E-state index contributed by atoms with van der Waals surface area (Å²) in [5, 5.41) is 0. The highest BCUT2D eigenvalue weighted by Crippen LogP contribution is 2.21. The molecule has 1 rings (SSSR count). The molecule has 1 fully saturated rings. The van der Waals surface area contributed by atoms with E-state index in [9.17, 15) is 0 Å². The second-order valence-corrected chi connectivity index (χ2v) is 7.79. The summed E-state index contributed by atoms with van der Waals surface area (Å²) in [7, 11) is 0. The molecule has 0 bridgehead atoms. The first-order chi connectivity index (χ1) is 10.8. The van der Waals surface area contributed by atoms with Gasteiger partial charge in [0.05, 0.1) is 26.2 Å². The fourth-order valence-corrected chi connectivity index (χ4v) is 4.38. The minimum atomic E-state index is 0. The smallest absolute Gasteiger partial charge is 0.0876 e. The topological polar surface area (TPSA) is 26.0 Å². The van der Waals surface area contributed by atoms with Crippen LogP contribution < -0.4 is 22.7 Å². The Morgan fingerprint density at radius 3 is 1.61 bits per heavy atom. The van der Waals surface area contributed by atoms with Gasteiger partial charge in [-0.25, -0.2) is 0 Å². The van der Waals surface area contributed by atoms with Crippen LogP contribution in [0.25, 0.3) is 0 Å². The SMILES string of the molecule is NCCCCCCCCCCCC[N+]1(CCS)CCCCC1.[Br-]. The van der Waals surface area contributed by atoms with Crippen molar-refractivity contribution in [3.63, 3.8) is 0 Å². The van der Waals surface area contributed by atoms with Crippen molar-refractivity contribution in [1.82, 2.24) is 0 Å². The molecule has 0 radical (unpaired) electrons. The van der Waals surface area contributed by atoms with Crippen LogP contribution in [-0.2, 0) is 0 Å². The Morgan fingerprint density at radius 2 is 1.13 bits per heavy atom. The van der Waals surface area contributed by atoms with E-state index in [-0.39, 0.29) is 17.0 Å². The summed E-state index contributed by atoms with van der Waals surface area (Å²) >= 11 is 4.49. The minimum absolute atomic E-state index is 0. The van der Waals surface area contributed by atoms with Gasteiger partial charge < -0.3 is 27.2 Å². The van der Waals surface area contributed by atoms with Crippen molar-refractivity contribution in [1.29, 1.82) is 0 Å². The third-order valence-corrected chi connectivity index (χ3v) is 5.63. The molecule has 0 aliphatic carbocycles. The fraction of sp³-hybridized carbons (Fsp3) is 1.00. The van der Waals surface area contributed by atoms with E-state index >= 15 is 0 Å². The molecule has 1 saturated heterocycles. The highest BCUT2D eigenvalue weighted by Gasteiger charge is 2.28. The molecule has 0 aromatic heterocycles. The van der Waals surface area contributed by atoms with Gasteiger partial charge in [0.15, 0.2) is 0 Å². The highest BCUT2D eigenvalue weighted by molar-refractivity contribution is 7.80. The van der Waals surface area contributed by atoms with Gasteiger partial charge in [-0.1, -0.05) is 44.9 Å². The van der Waals surface area contributed by atoms with E-state index in [0.29, 0.717) is 0 Å². The summed E-state index contributed by atoms with van der Waals surface area (Å²) in [5.41, 5.74) is 5.51. The first kappa shape index (κ1) is 23.8. The molecule has 1 aliphatic heterocycles. The second kappa shape index (κ2) is 16.2. The average Bonchev–Trinajstić information content (AvgIpc) is 2.54. The second-order valence-electron chi connectivity index (χ2n) is 7.34. The molecule has 1 aliphatic rings. The molecule has 0 aromatic carbocycles. The first-order valence-corrected chi connectivity index (χ1v) is 10.6. The summed E-state index contributed by atoms with van der Waals surface area (Å²) < 4.78 is 1.38. The number of thiol groups is 1.